The number of methoxy groups -OCH3 is 1. The van der Waals surface area contributed by atoms with Crippen molar-refractivity contribution in [2.24, 2.45) is 0 Å². The number of carbonyl (C=O) groups excluding carboxylic acids is 1. The molecular weight excluding hydrogens is 289 g/mol. The molecule has 0 aliphatic carbocycles. The van der Waals surface area contributed by atoms with Gasteiger partial charge in [-0.05, 0) is 22.0 Å². The fourth-order valence-corrected chi connectivity index (χ4v) is 1.89. The molecule has 15 heavy (non-hydrogen) atoms. The van der Waals surface area contributed by atoms with E-state index in [1.807, 2.05) is 0 Å². The molecule has 0 heterocycles. The Labute approximate surface area is 98.3 Å². The van der Waals surface area contributed by atoms with E-state index in [1.54, 1.807) is 0 Å². The van der Waals surface area contributed by atoms with Crippen molar-refractivity contribution in [2.75, 3.05) is 7.11 Å². The van der Waals surface area contributed by atoms with E-state index in [2.05, 4.69) is 20.7 Å². The average molecular weight is 294 g/mol. The van der Waals surface area contributed by atoms with Gasteiger partial charge in [-0.25, -0.2) is 4.79 Å². The van der Waals surface area contributed by atoms with Crippen LogP contribution < -0.4 is 0 Å². The van der Waals surface area contributed by atoms with E-state index >= 15 is 0 Å². The zero-order chi connectivity index (χ0) is 11.6. The van der Waals surface area contributed by atoms with Crippen LogP contribution >= 0.6 is 27.5 Å². The number of nitro groups is 1. The largest absolute Gasteiger partial charge is 0.465 e. The lowest BCUT2D eigenvalue weighted by Gasteiger charge is -2.04. The third-order valence-corrected chi connectivity index (χ3v) is 2.70. The van der Waals surface area contributed by atoms with Crippen molar-refractivity contribution in [3.05, 3.63) is 37.3 Å². The SMILES string of the molecule is COC(=O)c1c(Br)ccc([N+](=O)[O-])c1Cl. The highest BCUT2D eigenvalue weighted by Gasteiger charge is 2.23. The fraction of sp³-hybridized carbons (Fsp3) is 0.125. The van der Waals surface area contributed by atoms with E-state index in [0.717, 1.165) is 0 Å². The number of nitrogens with zero attached hydrogens (tertiary/aromatic N) is 1. The minimum atomic E-state index is -0.726. The van der Waals surface area contributed by atoms with Crippen LogP contribution in [0.2, 0.25) is 5.02 Å². The van der Waals surface area contributed by atoms with Crippen LogP contribution in [0, 0.1) is 10.1 Å². The highest BCUT2D eigenvalue weighted by Crippen LogP contribution is 2.33. The Morgan fingerprint density at radius 3 is 2.67 bits per heavy atom. The summed E-state index contributed by atoms with van der Waals surface area (Å²) in [4.78, 5) is 21.2. The van der Waals surface area contributed by atoms with Crippen LogP contribution in [0.15, 0.2) is 16.6 Å². The zero-order valence-corrected chi connectivity index (χ0v) is 9.83. The van der Waals surface area contributed by atoms with Gasteiger partial charge in [0.2, 0.25) is 0 Å². The van der Waals surface area contributed by atoms with Gasteiger partial charge in [0.1, 0.15) is 5.02 Å². The van der Waals surface area contributed by atoms with Crippen molar-refractivity contribution in [3.63, 3.8) is 0 Å². The third kappa shape index (κ3) is 2.27. The summed E-state index contributed by atoms with van der Waals surface area (Å²) >= 11 is 8.77. The number of hydrogen-bond acceptors (Lipinski definition) is 4. The summed E-state index contributed by atoms with van der Waals surface area (Å²) in [5, 5.41) is 10.3. The lowest BCUT2D eigenvalue weighted by atomic mass is 10.2. The summed E-state index contributed by atoms with van der Waals surface area (Å²) in [5.74, 6) is -0.726. The van der Waals surface area contributed by atoms with Gasteiger partial charge in [-0.2, -0.15) is 0 Å². The Hall–Kier alpha value is -1.14. The average Bonchev–Trinajstić information content (AvgIpc) is 2.16. The molecule has 0 aliphatic rings. The maximum Gasteiger partial charge on any atom is 0.340 e. The molecule has 5 nitrogen and oxygen atoms in total. The highest BCUT2D eigenvalue weighted by atomic mass is 79.9. The first-order valence-corrected chi connectivity index (χ1v) is 4.86. The maximum atomic E-state index is 11.3. The number of esters is 1. The minimum Gasteiger partial charge on any atom is -0.465 e. The van der Waals surface area contributed by atoms with E-state index in [-0.39, 0.29) is 16.3 Å². The van der Waals surface area contributed by atoms with E-state index in [4.69, 9.17) is 11.6 Å². The molecule has 0 fully saturated rings. The first-order valence-electron chi connectivity index (χ1n) is 3.69. The zero-order valence-electron chi connectivity index (χ0n) is 7.49. The summed E-state index contributed by atoms with van der Waals surface area (Å²) in [6, 6.07) is 2.58. The molecule has 80 valence electrons. The molecule has 0 unspecified atom stereocenters. The van der Waals surface area contributed by atoms with Crippen molar-refractivity contribution in [1.29, 1.82) is 0 Å². The molecule has 1 rings (SSSR count). The Bertz CT molecular complexity index is 435. The number of rotatable bonds is 2. The van der Waals surface area contributed by atoms with E-state index in [1.165, 1.54) is 19.2 Å². The predicted octanol–water partition coefficient (Wildman–Crippen LogP) is 2.80. The molecule has 0 spiro atoms. The molecule has 0 saturated heterocycles. The second kappa shape index (κ2) is 4.59. The molecule has 0 N–H and O–H groups in total. The molecule has 0 amide bonds. The Morgan fingerprint density at radius 2 is 2.20 bits per heavy atom. The fourth-order valence-electron chi connectivity index (χ4n) is 0.972. The van der Waals surface area contributed by atoms with Gasteiger partial charge < -0.3 is 4.74 Å². The van der Waals surface area contributed by atoms with Crippen molar-refractivity contribution in [3.8, 4) is 0 Å². The van der Waals surface area contributed by atoms with E-state index in [9.17, 15) is 14.9 Å². The molecule has 1 aromatic carbocycles. The number of benzene rings is 1. The van der Waals surface area contributed by atoms with Gasteiger partial charge in [0.25, 0.3) is 5.69 Å². The number of hydrogen-bond donors (Lipinski definition) is 0. The molecule has 1 aromatic rings. The standard InChI is InChI=1S/C8H5BrClNO4/c1-15-8(12)6-4(9)2-3-5(7(6)10)11(13)14/h2-3H,1H3. The second-order valence-corrected chi connectivity index (χ2v) is 3.74. The third-order valence-electron chi connectivity index (χ3n) is 1.66. The summed E-state index contributed by atoms with van der Waals surface area (Å²) < 4.78 is 4.81. The molecule has 7 heteroatoms. The molecule has 0 aromatic heterocycles. The number of nitro benzene ring substituents is 1. The van der Waals surface area contributed by atoms with E-state index in [0.29, 0.717) is 4.47 Å². The van der Waals surface area contributed by atoms with Gasteiger partial charge in [-0.3, -0.25) is 10.1 Å². The first-order chi connectivity index (χ1) is 6.99. The summed E-state index contributed by atoms with van der Waals surface area (Å²) in [6.45, 7) is 0. The Balaban J connectivity index is 3.43. The normalized spacial score (nSPS) is 9.80. The van der Waals surface area contributed by atoms with E-state index < -0.39 is 10.9 Å². The van der Waals surface area contributed by atoms with Gasteiger partial charge in [0.05, 0.1) is 17.6 Å². The predicted molar refractivity (Wildman–Crippen MR) is 57.1 cm³/mol. The van der Waals surface area contributed by atoms with Crippen molar-refractivity contribution < 1.29 is 14.5 Å². The second-order valence-electron chi connectivity index (χ2n) is 2.50. The summed E-state index contributed by atoms with van der Waals surface area (Å²) in [6.07, 6.45) is 0. The topological polar surface area (TPSA) is 69.4 Å². The number of carbonyl (C=O) groups is 1. The van der Waals surface area contributed by atoms with Crippen LogP contribution in [-0.4, -0.2) is 18.0 Å². The molecule has 0 saturated carbocycles. The van der Waals surface area contributed by atoms with Crippen LogP contribution in [0.1, 0.15) is 10.4 Å². The smallest absolute Gasteiger partial charge is 0.340 e. The van der Waals surface area contributed by atoms with Crippen LogP contribution in [0.5, 0.6) is 0 Å². The first kappa shape index (κ1) is 11.9. The number of halogens is 2. The van der Waals surface area contributed by atoms with Gasteiger partial charge in [0.15, 0.2) is 0 Å². The lowest BCUT2D eigenvalue weighted by molar-refractivity contribution is -0.384. The molecule has 0 radical (unpaired) electrons. The summed E-state index contributed by atoms with van der Waals surface area (Å²) in [5.41, 5.74) is -0.381. The Morgan fingerprint density at radius 1 is 1.60 bits per heavy atom. The quantitative estimate of drug-likeness (QED) is 0.478. The van der Waals surface area contributed by atoms with Crippen LogP contribution in [0.25, 0.3) is 0 Å². The van der Waals surface area contributed by atoms with Crippen LogP contribution in [-0.2, 0) is 4.74 Å². The minimum absolute atomic E-state index is 0.0478. The monoisotopic (exact) mass is 293 g/mol. The number of ether oxygens (including phenoxy) is 1. The highest BCUT2D eigenvalue weighted by molar-refractivity contribution is 9.10. The molecule has 0 bridgehead atoms. The molecular formula is C8H5BrClNO4. The van der Waals surface area contributed by atoms with Crippen LogP contribution in [0.3, 0.4) is 0 Å². The van der Waals surface area contributed by atoms with Crippen molar-refractivity contribution >= 4 is 39.2 Å². The van der Waals surface area contributed by atoms with Gasteiger partial charge in [-0.1, -0.05) is 11.6 Å². The lowest BCUT2D eigenvalue weighted by Crippen LogP contribution is -2.05. The van der Waals surface area contributed by atoms with Crippen molar-refractivity contribution in [1.82, 2.24) is 0 Å². The Kier molecular flexibility index (Phi) is 3.65. The molecule has 0 atom stereocenters. The van der Waals surface area contributed by atoms with Gasteiger partial charge in [-0.15, -0.1) is 0 Å². The van der Waals surface area contributed by atoms with Gasteiger partial charge >= 0.3 is 5.97 Å². The summed E-state index contributed by atoms with van der Waals surface area (Å²) in [7, 11) is 1.17. The van der Waals surface area contributed by atoms with Gasteiger partial charge in [0, 0.05) is 10.5 Å². The maximum absolute atomic E-state index is 11.3. The van der Waals surface area contributed by atoms with Crippen LogP contribution in [0.4, 0.5) is 5.69 Å². The molecule has 0 aliphatic heterocycles. The van der Waals surface area contributed by atoms with Crippen molar-refractivity contribution in [2.45, 2.75) is 0 Å².